The molecule has 3 rings (SSSR count). The molecule has 2 aromatic carbocycles. The first kappa shape index (κ1) is 19.0. The summed E-state index contributed by atoms with van der Waals surface area (Å²) in [6, 6.07) is 13.9. The topological polar surface area (TPSA) is 110 Å². The fraction of sp³-hybridized carbons (Fsp3) is 0.278. The third-order valence-electron chi connectivity index (χ3n) is 4.55. The molecule has 0 spiro atoms. The number of hydrogen-bond donors (Lipinski definition) is 1. The van der Waals surface area contributed by atoms with Gasteiger partial charge < -0.3 is 5.32 Å². The maximum Gasteiger partial charge on any atom is 0.269 e. The van der Waals surface area contributed by atoms with Crippen LogP contribution >= 0.6 is 0 Å². The number of rotatable bonds is 5. The van der Waals surface area contributed by atoms with Crippen molar-refractivity contribution < 1.29 is 18.1 Å². The van der Waals surface area contributed by atoms with Crippen LogP contribution in [0.5, 0.6) is 0 Å². The number of carbonyl (C=O) groups excluding carboxylic acids is 1. The molecule has 1 heterocycles. The Morgan fingerprint density at radius 1 is 1.04 bits per heavy atom. The molecule has 1 amide bonds. The van der Waals surface area contributed by atoms with Crippen LogP contribution in [0, 0.1) is 16.0 Å². The van der Waals surface area contributed by atoms with Gasteiger partial charge in [-0.1, -0.05) is 18.2 Å². The largest absolute Gasteiger partial charge is 0.326 e. The lowest BCUT2D eigenvalue weighted by Crippen LogP contribution is -2.41. The molecule has 8 nitrogen and oxygen atoms in total. The van der Waals surface area contributed by atoms with Crippen molar-refractivity contribution in [3.63, 3.8) is 0 Å². The predicted molar refractivity (Wildman–Crippen MR) is 99.7 cm³/mol. The minimum Gasteiger partial charge on any atom is -0.326 e. The van der Waals surface area contributed by atoms with Crippen LogP contribution in [0.3, 0.4) is 0 Å². The molecule has 2 aromatic rings. The number of nitro groups is 1. The number of benzene rings is 2. The molecular formula is C18H19N3O5S. The maximum atomic E-state index is 12.7. The summed E-state index contributed by atoms with van der Waals surface area (Å²) in [5.41, 5.74) is 0.550. The predicted octanol–water partition coefficient (Wildman–Crippen LogP) is 2.63. The van der Waals surface area contributed by atoms with Crippen molar-refractivity contribution in [1.29, 1.82) is 0 Å². The molecule has 1 N–H and O–H groups in total. The van der Waals surface area contributed by atoms with Gasteiger partial charge >= 0.3 is 0 Å². The van der Waals surface area contributed by atoms with Crippen LogP contribution in [0.1, 0.15) is 12.8 Å². The van der Waals surface area contributed by atoms with Gasteiger partial charge in [-0.3, -0.25) is 14.9 Å². The normalized spacial score (nSPS) is 16.0. The Kier molecular flexibility index (Phi) is 5.52. The van der Waals surface area contributed by atoms with Gasteiger partial charge in [0.05, 0.1) is 9.82 Å². The van der Waals surface area contributed by atoms with Crippen molar-refractivity contribution >= 4 is 27.3 Å². The highest BCUT2D eigenvalue weighted by molar-refractivity contribution is 7.89. The molecule has 1 aliphatic rings. The van der Waals surface area contributed by atoms with Gasteiger partial charge in [-0.05, 0) is 37.1 Å². The number of nitrogens with zero attached hydrogens (tertiary/aromatic N) is 2. The van der Waals surface area contributed by atoms with Gasteiger partial charge in [-0.15, -0.1) is 0 Å². The average molecular weight is 389 g/mol. The second-order valence-electron chi connectivity index (χ2n) is 6.28. The van der Waals surface area contributed by atoms with E-state index in [1.165, 1.54) is 28.6 Å². The highest BCUT2D eigenvalue weighted by Gasteiger charge is 2.32. The zero-order valence-electron chi connectivity index (χ0n) is 14.4. The van der Waals surface area contributed by atoms with Crippen LogP contribution in [-0.4, -0.2) is 36.6 Å². The number of hydrogen-bond acceptors (Lipinski definition) is 5. The summed E-state index contributed by atoms with van der Waals surface area (Å²) < 4.78 is 26.7. The number of para-hydroxylation sites is 1. The molecule has 0 unspecified atom stereocenters. The number of non-ortho nitro benzene ring substituents is 1. The lowest BCUT2D eigenvalue weighted by Gasteiger charge is -2.30. The molecule has 0 aromatic heterocycles. The van der Waals surface area contributed by atoms with E-state index >= 15 is 0 Å². The zero-order chi connectivity index (χ0) is 19.4. The van der Waals surface area contributed by atoms with Crippen molar-refractivity contribution in [2.75, 3.05) is 18.4 Å². The number of nitro benzene ring substituents is 1. The van der Waals surface area contributed by atoms with Crippen molar-refractivity contribution in [3.8, 4) is 0 Å². The molecule has 0 aliphatic carbocycles. The summed E-state index contributed by atoms with van der Waals surface area (Å²) in [6.45, 7) is 0.457. The third-order valence-corrected chi connectivity index (χ3v) is 6.46. The lowest BCUT2D eigenvalue weighted by atomic mass is 9.97. The Bertz CT molecular complexity index is 921. The molecule has 1 saturated heterocycles. The van der Waals surface area contributed by atoms with E-state index in [1.54, 1.807) is 12.1 Å². The standard InChI is InChI=1S/C18H19N3O5S/c22-18(19-15-4-2-1-3-5-15)14-10-12-20(13-11-14)27(25,26)17-8-6-16(7-9-17)21(23)24/h1-9,14H,10-13H2,(H,19,22). The van der Waals surface area contributed by atoms with E-state index in [-0.39, 0.29) is 35.5 Å². The minimum atomic E-state index is -3.73. The first-order valence-corrected chi connectivity index (χ1v) is 9.92. The number of piperidine rings is 1. The highest BCUT2D eigenvalue weighted by Crippen LogP contribution is 2.26. The Morgan fingerprint density at radius 2 is 1.63 bits per heavy atom. The molecule has 142 valence electrons. The van der Waals surface area contributed by atoms with Gasteiger partial charge in [-0.2, -0.15) is 4.31 Å². The smallest absolute Gasteiger partial charge is 0.269 e. The van der Waals surface area contributed by atoms with E-state index in [0.717, 1.165) is 0 Å². The molecule has 27 heavy (non-hydrogen) atoms. The first-order chi connectivity index (χ1) is 12.9. The van der Waals surface area contributed by atoms with Crippen molar-refractivity contribution in [2.24, 2.45) is 5.92 Å². The van der Waals surface area contributed by atoms with Crippen LogP contribution in [-0.2, 0) is 14.8 Å². The Morgan fingerprint density at radius 3 is 2.19 bits per heavy atom. The number of carbonyl (C=O) groups is 1. The van der Waals surface area contributed by atoms with E-state index in [4.69, 9.17) is 0 Å². The SMILES string of the molecule is O=C(Nc1ccccc1)C1CCN(S(=O)(=O)c2ccc([N+](=O)[O-])cc2)CC1. The molecule has 0 saturated carbocycles. The van der Waals surface area contributed by atoms with Crippen molar-refractivity contribution in [2.45, 2.75) is 17.7 Å². The minimum absolute atomic E-state index is 0.0142. The quantitative estimate of drug-likeness (QED) is 0.624. The summed E-state index contributed by atoms with van der Waals surface area (Å²) in [7, 11) is -3.73. The van der Waals surface area contributed by atoms with Crippen molar-refractivity contribution in [3.05, 3.63) is 64.7 Å². The van der Waals surface area contributed by atoms with Gasteiger partial charge in [0.2, 0.25) is 15.9 Å². The van der Waals surface area contributed by atoms with Crippen LogP contribution in [0.4, 0.5) is 11.4 Å². The van der Waals surface area contributed by atoms with Gasteiger partial charge in [0, 0.05) is 36.8 Å². The number of sulfonamides is 1. The molecule has 0 bridgehead atoms. The summed E-state index contributed by atoms with van der Waals surface area (Å²) >= 11 is 0. The fourth-order valence-corrected chi connectivity index (χ4v) is 4.48. The van der Waals surface area contributed by atoms with Crippen LogP contribution in [0.15, 0.2) is 59.5 Å². The van der Waals surface area contributed by atoms with E-state index in [9.17, 15) is 23.3 Å². The first-order valence-electron chi connectivity index (χ1n) is 8.48. The second kappa shape index (κ2) is 7.85. The van der Waals surface area contributed by atoms with Gasteiger partial charge in [0.15, 0.2) is 0 Å². The second-order valence-corrected chi connectivity index (χ2v) is 8.22. The maximum absolute atomic E-state index is 12.7. The molecule has 1 aliphatic heterocycles. The molecule has 0 atom stereocenters. The Hall–Kier alpha value is -2.78. The molecular weight excluding hydrogens is 370 g/mol. The van der Waals surface area contributed by atoms with E-state index in [2.05, 4.69) is 5.32 Å². The van der Waals surface area contributed by atoms with Crippen LogP contribution < -0.4 is 5.32 Å². The third kappa shape index (κ3) is 4.32. The van der Waals surface area contributed by atoms with Crippen LogP contribution in [0.2, 0.25) is 0 Å². The van der Waals surface area contributed by atoms with Gasteiger partial charge in [0.25, 0.3) is 5.69 Å². The van der Waals surface area contributed by atoms with Crippen molar-refractivity contribution in [1.82, 2.24) is 4.31 Å². The van der Waals surface area contributed by atoms with Gasteiger partial charge in [-0.25, -0.2) is 8.42 Å². The Balaban J connectivity index is 1.62. The Labute approximate surface area is 157 Å². The number of anilines is 1. The average Bonchev–Trinajstić information content (AvgIpc) is 2.69. The number of amides is 1. The lowest BCUT2D eigenvalue weighted by molar-refractivity contribution is -0.384. The van der Waals surface area contributed by atoms with Crippen LogP contribution in [0.25, 0.3) is 0 Å². The highest BCUT2D eigenvalue weighted by atomic mass is 32.2. The molecule has 9 heteroatoms. The molecule has 0 radical (unpaired) electrons. The monoisotopic (exact) mass is 389 g/mol. The van der Waals surface area contributed by atoms with Gasteiger partial charge in [0.1, 0.15) is 0 Å². The summed E-state index contributed by atoms with van der Waals surface area (Å²) in [4.78, 5) is 22.5. The zero-order valence-corrected chi connectivity index (χ0v) is 15.3. The summed E-state index contributed by atoms with van der Waals surface area (Å²) in [5, 5.41) is 13.5. The summed E-state index contributed by atoms with van der Waals surface area (Å²) in [6.07, 6.45) is 0.843. The molecule has 1 fully saturated rings. The van der Waals surface area contributed by atoms with E-state index in [0.29, 0.717) is 18.5 Å². The van der Waals surface area contributed by atoms with E-state index < -0.39 is 14.9 Å². The van der Waals surface area contributed by atoms with E-state index in [1.807, 2.05) is 18.2 Å². The fourth-order valence-electron chi connectivity index (χ4n) is 3.01. The number of nitrogens with one attached hydrogen (secondary N) is 1. The summed E-state index contributed by atoms with van der Waals surface area (Å²) in [5.74, 6) is -0.373.